The first-order valence-electron chi connectivity index (χ1n) is 5.57. The van der Waals surface area contributed by atoms with E-state index in [9.17, 15) is 0 Å². The summed E-state index contributed by atoms with van der Waals surface area (Å²) in [7, 11) is 3.10. The SMILES string of the molecule is COCC(N)c1noc(-c2ccc(Cl)cc2OC)n1. The fourth-order valence-corrected chi connectivity index (χ4v) is 1.75. The average molecular weight is 284 g/mol. The second-order valence-corrected chi connectivity index (χ2v) is 4.30. The summed E-state index contributed by atoms with van der Waals surface area (Å²) in [5.74, 6) is 1.27. The van der Waals surface area contributed by atoms with Crippen molar-refractivity contribution < 1.29 is 14.0 Å². The van der Waals surface area contributed by atoms with Crippen molar-refractivity contribution in [1.29, 1.82) is 0 Å². The molecule has 2 aromatic rings. The predicted octanol–water partition coefficient (Wildman–Crippen LogP) is 2.04. The molecule has 0 aliphatic rings. The van der Waals surface area contributed by atoms with Gasteiger partial charge in [0.1, 0.15) is 5.75 Å². The van der Waals surface area contributed by atoms with E-state index in [0.29, 0.717) is 34.7 Å². The summed E-state index contributed by atoms with van der Waals surface area (Å²) in [5, 5.41) is 4.40. The Labute approximate surface area is 115 Å². The molecule has 1 aromatic carbocycles. The van der Waals surface area contributed by atoms with Crippen molar-refractivity contribution in [3.63, 3.8) is 0 Å². The molecular formula is C12H14ClN3O3. The summed E-state index contributed by atoms with van der Waals surface area (Å²) in [6.07, 6.45) is 0. The fraction of sp³-hybridized carbons (Fsp3) is 0.333. The largest absolute Gasteiger partial charge is 0.496 e. The third kappa shape index (κ3) is 3.04. The van der Waals surface area contributed by atoms with E-state index in [-0.39, 0.29) is 0 Å². The maximum absolute atomic E-state index is 5.90. The van der Waals surface area contributed by atoms with Gasteiger partial charge in [-0.25, -0.2) is 0 Å². The zero-order valence-electron chi connectivity index (χ0n) is 10.6. The molecule has 0 fully saturated rings. The normalized spacial score (nSPS) is 12.4. The molecule has 0 amide bonds. The van der Waals surface area contributed by atoms with Crippen LogP contribution in [-0.2, 0) is 4.74 Å². The number of methoxy groups -OCH3 is 2. The summed E-state index contributed by atoms with van der Waals surface area (Å²) >= 11 is 5.90. The van der Waals surface area contributed by atoms with Gasteiger partial charge in [-0.05, 0) is 18.2 Å². The number of ether oxygens (including phenoxy) is 2. The predicted molar refractivity (Wildman–Crippen MR) is 70.1 cm³/mol. The minimum absolute atomic E-state index is 0.316. The summed E-state index contributed by atoms with van der Waals surface area (Å²) in [6, 6.07) is 4.72. The molecule has 102 valence electrons. The van der Waals surface area contributed by atoms with Gasteiger partial charge < -0.3 is 19.7 Å². The molecule has 0 bridgehead atoms. The maximum Gasteiger partial charge on any atom is 0.261 e. The van der Waals surface area contributed by atoms with Gasteiger partial charge in [0, 0.05) is 12.1 Å². The van der Waals surface area contributed by atoms with Crippen molar-refractivity contribution in [2.24, 2.45) is 5.73 Å². The fourth-order valence-electron chi connectivity index (χ4n) is 1.59. The number of halogens is 1. The number of nitrogens with two attached hydrogens (primary N) is 1. The van der Waals surface area contributed by atoms with Crippen molar-refractivity contribution in [2.45, 2.75) is 6.04 Å². The van der Waals surface area contributed by atoms with E-state index in [1.807, 2.05) is 0 Å². The lowest BCUT2D eigenvalue weighted by atomic mass is 10.2. The summed E-state index contributed by atoms with van der Waals surface area (Å²) < 4.78 is 15.4. The molecule has 7 heteroatoms. The van der Waals surface area contributed by atoms with Crippen molar-refractivity contribution in [1.82, 2.24) is 10.1 Å². The number of hydrogen-bond donors (Lipinski definition) is 1. The maximum atomic E-state index is 5.90. The topological polar surface area (TPSA) is 83.4 Å². The Balaban J connectivity index is 2.32. The molecule has 0 aliphatic heterocycles. The van der Waals surface area contributed by atoms with Crippen LogP contribution in [0.3, 0.4) is 0 Å². The molecule has 19 heavy (non-hydrogen) atoms. The molecule has 0 radical (unpaired) electrons. The number of hydrogen-bond acceptors (Lipinski definition) is 6. The molecule has 6 nitrogen and oxygen atoms in total. The van der Waals surface area contributed by atoms with Gasteiger partial charge in [-0.3, -0.25) is 0 Å². The lowest BCUT2D eigenvalue weighted by Crippen LogP contribution is -2.17. The second-order valence-electron chi connectivity index (χ2n) is 3.86. The molecule has 2 rings (SSSR count). The van der Waals surface area contributed by atoms with Gasteiger partial charge in [0.05, 0.1) is 25.3 Å². The Morgan fingerprint density at radius 1 is 1.42 bits per heavy atom. The number of aromatic nitrogens is 2. The Morgan fingerprint density at radius 2 is 2.21 bits per heavy atom. The van der Waals surface area contributed by atoms with Gasteiger partial charge in [-0.2, -0.15) is 4.98 Å². The summed E-state index contributed by atoms with van der Waals surface area (Å²) in [6.45, 7) is 0.316. The first kappa shape index (κ1) is 13.8. The third-order valence-electron chi connectivity index (χ3n) is 2.51. The van der Waals surface area contributed by atoms with Gasteiger partial charge in [0.15, 0.2) is 5.82 Å². The molecule has 0 spiro atoms. The third-order valence-corrected chi connectivity index (χ3v) is 2.75. The van der Waals surface area contributed by atoms with Gasteiger partial charge in [-0.15, -0.1) is 0 Å². The van der Waals surface area contributed by atoms with Crippen molar-refractivity contribution in [3.8, 4) is 17.2 Å². The van der Waals surface area contributed by atoms with Crippen LogP contribution in [0.4, 0.5) is 0 Å². The minimum Gasteiger partial charge on any atom is -0.496 e. The Hall–Kier alpha value is -1.63. The number of benzene rings is 1. The lowest BCUT2D eigenvalue weighted by molar-refractivity contribution is 0.177. The lowest BCUT2D eigenvalue weighted by Gasteiger charge is -2.05. The average Bonchev–Trinajstić information content (AvgIpc) is 2.88. The van der Waals surface area contributed by atoms with Crippen molar-refractivity contribution in [2.75, 3.05) is 20.8 Å². The van der Waals surface area contributed by atoms with Crippen LogP contribution in [-0.4, -0.2) is 31.0 Å². The molecule has 0 aliphatic carbocycles. The highest BCUT2D eigenvalue weighted by Crippen LogP contribution is 2.31. The molecule has 1 aromatic heterocycles. The van der Waals surface area contributed by atoms with Gasteiger partial charge in [-0.1, -0.05) is 16.8 Å². The highest BCUT2D eigenvalue weighted by molar-refractivity contribution is 6.30. The van der Waals surface area contributed by atoms with Crippen LogP contribution in [0.1, 0.15) is 11.9 Å². The second kappa shape index (κ2) is 6.01. The minimum atomic E-state index is -0.430. The van der Waals surface area contributed by atoms with Crippen LogP contribution in [0.5, 0.6) is 5.75 Å². The zero-order chi connectivity index (χ0) is 13.8. The highest BCUT2D eigenvalue weighted by Gasteiger charge is 2.17. The Morgan fingerprint density at radius 3 is 2.89 bits per heavy atom. The number of nitrogens with zero attached hydrogens (tertiary/aromatic N) is 2. The van der Waals surface area contributed by atoms with E-state index >= 15 is 0 Å². The smallest absolute Gasteiger partial charge is 0.261 e. The van der Waals surface area contributed by atoms with E-state index in [1.54, 1.807) is 32.4 Å². The molecule has 1 atom stereocenters. The van der Waals surface area contributed by atoms with Crippen LogP contribution in [0.25, 0.3) is 11.5 Å². The van der Waals surface area contributed by atoms with E-state index in [1.165, 1.54) is 0 Å². The van der Waals surface area contributed by atoms with Crippen LogP contribution in [0.15, 0.2) is 22.7 Å². The van der Waals surface area contributed by atoms with E-state index < -0.39 is 6.04 Å². The van der Waals surface area contributed by atoms with Gasteiger partial charge in [0.2, 0.25) is 0 Å². The first-order valence-corrected chi connectivity index (χ1v) is 5.95. The molecular weight excluding hydrogens is 270 g/mol. The van der Waals surface area contributed by atoms with Crippen molar-refractivity contribution >= 4 is 11.6 Å². The molecule has 0 saturated carbocycles. The Bertz CT molecular complexity index is 559. The summed E-state index contributed by atoms with van der Waals surface area (Å²) in [4.78, 5) is 4.23. The van der Waals surface area contributed by atoms with Crippen LogP contribution in [0.2, 0.25) is 5.02 Å². The molecule has 1 unspecified atom stereocenters. The van der Waals surface area contributed by atoms with E-state index in [2.05, 4.69) is 10.1 Å². The quantitative estimate of drug-likeness (QED) is 0.904. The van der Waals surface area contributed by atoms with Gasteiger partial charge >= 0.3 is 0 Å². The summed E-state index contributed by atoms with van der Waals surface area (Å²) in [5.41, 5.74) is 6.49. The molecule has 1 heterocycles. The highest BCUT2D eigenvalue weighted by atomic mass is 35.5. The standard InChI is InChI=1S/C12H14ClN3O3/c1-17-6-9(14)11-15-12(19-16-11)8-4-3-7(13)5-10(8)18-2/h3-5,9H,6,14H2,1-2H3. The first-order chi connectivity index (χ1) is 9.15. The van der Waals surface area contributed by atoms with Crippen molar-refractivity contribution in [3.05, 3.63) is 29.0 Å². The molecule has 0 saturated heterocycles. The van der Waals surface area contributed by atoms with Crippen LogP contribution >= 0.6 is 11.6 Å². The van der Waals surface area contributed by atoms with E-state index in [4.69, 9.17) is 31.3 Å². The molecule has 2 N–H and O–H groups in total. The van der Waals surface area contributed by atoms with Crippen LogP contribution < -0.4 is 10.5 Å². The monoisotopic (exact) mass is 283 g/mol. The van der Waals surface area contributed by atoms with E-state index in [0.717, 1.165) is 0 Å². The zero-order valence-corrected chi connectivity index (χ0v) is 11.3. The number of rotatable bonds is 5. The van der Waals surface area contributed by atoms with Crippen LogP contribution in [0, 0.1) is 0 Å². The Kier molecular flexibility index (Phi) is 4.36. The van der Waals surface area contributed by atoms with Gasteiger partial charge in [0.25, 0.3) is 5.89 Å².